The number of aryl methyl sites for hydroxylation is 4. The Balaban J connectivity index is 1.56. The summed E-state index contributed by atoms with van der Waals surface area (Å²) in [7, 11) is 1.86. The summed E-state index contributed by atoms with van der Waals surface area (Å²) in [4.78, 5) is 12.3. The molecule has 1 heterocycles. The summed E-state index contributed by atoms with van der Waals surface area (Å²) >= 11 is 7.54. The number of carbonyl (C=O) groups is 1. The number of benzene rings is 2. The van der Waals surface area contributed by atoms with Crippen molar-refractivity contribution < 1.29 is 9.53 Å². The molecular weight excluding hydrogens is 420 g/mol. The van der Waals surface area contributed by atoms with Crippen molar-refractivity contribution in [1.82, 2.24) is 14.8 Å². The van der Waals surface area contributed by atoms with Crippen molar-refractivity contribution in [3.05, 3.63) is 63.4 Å². The van der Waals surface area contributed by atoms with E-state index in [4.69, 9.17) is 16.3 Å². The molecule has 0 saturated heterocycles. The van der Waals surface area contributed by atoms with Gasteiger partial charge in [-0.1, -0.05) is 29.4 Å². The van der Waals surface area contributed by atoms with E-state index in [2.05, 4.69) is 21.6 Å². The molecule has 0 saturated carbocycles. The van der Waals surface area contributed by atoms with Gasteiger partial charge in [0.2, 0.25) is 5.91 Å². The van der Waals surface area contributed by atoms with Crippen molar-refractivity contribution in [3.8, 4) is 5.75 Å². The molecule has 3 aromatic rings. The second-order valence-electron chi connectivity index (χ2n) is 7.33. The van der Waals surface area contributed by atoms with Crippen molar-refractivity contribution in [2.75, 3.05) is 11.1 Å². The molecule has 0 aliphatic rings. The van der Waals surface area contributed by atoms with Crippen LogP contribution in [-0.4, -0.2) is 26.4 Å². The van der Waals surface area contributed by atoms with E-state index in [1.54, 1.807) is 0 Å². The van der Waals surface area contributed by atoms with Crippen LogP contribution >= 0.6 is 23.4 Å². The number of carbonyl (C=O) groups excluding carboxylic acids is 1. The Labute approximate surface area is 186 Å². The number of aromatic nitrogens is 3. The molecule has 0 atom stereocenters. The highest BCUT2D eigenvalue weighted by atomic mass is 35.5. The number of nitrogens with zero attached hydrogens (tertiary/aromatic N) is 3. The van der Waals surface area contributed by atoms with Gasteiger partial charge >= 0.3 is 0 Å². The van der Waals surface area contributed by atoms with Crippen LogP contribution in [0.2, 0.25) is 5.02 Å². The van der Waals surface area contributed by atoms with Crippen molar-refractivity contribution in [2.24, 2.45) is 7.05 Å². The first-order valence-electron chi connectivity index (χ1n) is 9.51. The minimum absolute atomic E-state index is 0.0853. The molecule has 158 valence electrons. The molecular formula is C22H25ClN4O2S. The quantitative estimate of drug-likeness (QED) is 0.518. The summed E-state index contributed by atoms with van der Waals surface area (Å²) in [6, 6.07) is 9.78. The fourth-order valence-corrected chi connectivity index (χ4v) is 3.95. The molecule has 30 heavy (non-hydrogen) atoms. The Morgan fingerprint density at radius 3 is 2.33 bits per heavy atom. The SMILES string of the molecule is Cc1cc(C)cc(NC(=O)CSc2nnc(COc3cc(C)c(Cl)c(C)c3)n2C)c1. The Bertz CT molecular complexity index is 1040. The zero-order valence-electron chi connectivity index (χ0n) is 17.7. The number of halogens is 1. The number of hydrogen-bond acceptors (Lipinski definition) is 5. The lowest BCUT2D eigenvalue weighted by Crippen LogP contribution is -2.14. The van der Waals surface area contributed by atoms with Crippen LogP contribution in [0.3, 0.4) is 0 Å². The average Bonchev–Trinajstić information content (AvgIpc) is 3.01. The number of thioether (sulfide) groups is 1. The van der Waals surface area contributed by atoms with Gasteiger partial charge in [0.25, 0.3) is 0 Å². The highest BCUT2D eigenvalue weighted by Crippen LogP contribution is 2.26. The van der Waals surface area contributed by atoms with Crippen molar-refractivity contribution in [1.29, 1.82) is 0 Å². The number of ether oxygens (including phenoxy) is 1. The summed E-state index contributed by atoms with van der Waals surface area (Å²) in [5.41, 5.74) is 4.97. The Hall–Kier alpha value is -2.51. The predicted molar refractivity (Wildman–Crippen MR) is 122 cm³/mol. The van der Waals surface area contributed by atoms with Gasteiger partial charge in [-0.15, -0.1) is 10.2 Å². The van der Waals surface area contributed by atoms with Gasteiger partial charge < -0.3 is 14.6 Å². The van der Waals surface area contributed by atoms with Gasteiger partial charge in [-0.2, -0.15) is 0 Å². The van der Waals surface area contributed by atoms with E-state index >= 15 is 0 Å². The van der Waals surface area contributed by atoms with Crippen LogP contribution < -0.4 is 10.1 Å². The molecule has 0 radical (unpaired) electrons. The van der Waals surface area contributed by atoms with E-state index in [1.807, 2.05) is 63.6 Å². The largest absolute Gasteiger partial charge is 0.486 e. The average molecular weight is 445 g/mol. The minimum Gasteiger partial charge on any atom is -0.486 e. The normalized spacial score (nSPS) is 10.9. The number of rotatable bonds is 7. The topological polar surface area (TPSA) is 69.0 Å². The molecule has 0 bridgehead atoms. The van der Waals surface area contributed by atoms with Crippen molar-refractivity contribution >= 4 is 35.0 Å². The smallest absolute Gasteiger partial charge is 0.234 e. The first-order valence-corrected chi connectivity index (χ1v) is 10.9. The van der Waals surface area contributed by atoms with Crippen LogP contribution in [0.15, 0.2) is 35.5 Å². The van der Waals surface area contributed by atoms with Gasteiger partial charge in [-0.25, -0.2) is 0 Å². The summed E-state index contributed by atoms with van der Waals surface area (Å²) < 4.78 is 7.70. The Morgan fingerprint density at radius 2 is 1.70 bits per heavy atom. The number of amides is 1. The number of nitrogens with one attached hydrogen (secondary N) is 1. The third-order valence-electron chi connectivity index (χ3n) is 4.54. The maximum absolute atomic E-state index is 12.3. The number of hydrogen-bond donors (Lipinski definition) is 1. The highest BCUT2D eigenvalue weighted by Gasteiger charge is 2.13. The standard InChI is InChI=1S/C22H25ClN4O2S/c1-13-6-14(2)8-17(7-13)24-20(28)12-30-22-26-25-19(27(22)5)11-29-18-9-15(3)21(23)16(4)10-18/h6-10H,11-12H2,1-5H3,(H,24,28). The monoisotopic (exact) mass is 444 g/mol. The molecule has 0 aliphatic heterocycles. The van der Waals surface area contributed by atoms with Crippen LogP contribution in [0.1, 0.15) is 28.1 Å². The van der Waals surface area contributed by atoms with Gasteiger partial charge in [-0.3, -0.25) is 4.79 Å². The number of anilines is 1. The van der Waals surface area contributed by atoms with E-state index < -0.39 is 0 Å². The third kappa shape index (κ3) is 5.55. The molecule has 1 amide bonds. The lowest BCUT2D eigenvalue weighted by molar-refractivity contribution is -0.113. The molecule has 3 rings (SSSR count). The van der Waals surface area contributed by atoms with Crippen LogP contribution in [0.5, 0.6) is 5.75 Å². The third-order valence-corrected chi connectivity index (χ3v) is 6.16. The highest BCUT2D eigenvalue weighted by molar-refractivity contribution is 7.99. The summed E-state index contributed by atoms with van der Waals surface area (Å²) in [6.07, 6.45) is 0. The minimum atomic E-state index is -0.0853. The summed E-state index contributed by atoms with van der Waals surface area (Å²) in [6.45, 7) is 8.19. The molecule has 0 spiro atoms. The molecule has 8 heteroatoms. The van der Waals surface area contributed by atoms with Gasteiger partial charge in [0.1, 0.15) is 12.4 Å². The molecule has 0 fully saturated rings. The van der Waals surface area contributed by atoms with Gasteiger partial charge in [0.05, 0.1) is 5.75 Å². The molecule has 0 unspecified atom stereocenters. The molecule has 6 nitrogen and oxygen atoms in total. The zero-order valence-corrected chi connectivity index (χ0v) is 19.3. The first kappa shape index (κ1) is 22.2. The maximum atomic E-state index is 12.3. The predicted octanol–water partition coefficient (Wildman–Crippen LogP) is 5.01. The molecule has 2 aromatic carbocycles. The van der Waals surface area contributed by atoms with E-state index in [0.29, 0.717) is 11.0 Å². The van der Waals surface area contributed by atoms with Crippen LogP contribution in [0, 0.1) is 27.7 Å². The Kier molecular flexibility index (Phi) is 7.05. The van der Waals surface area contributed by atoms with Gasteiger partial charge in [0, 0.05) is 17.8 Å². The summed E-state index contributed by atoms with van der Waals surface area (Å²) in [5.74, 6) is 1.57. The lowest BCUT2D eigenvalue weighted by atomic mass is 10.1. The van der Waals surface area contributed by atoms with Gasteiger partial charge in [0.15, 0.2) is 11.0 Å². The lowest BCUT2D eigenvalue weighted by Gasteiger charge is -2.10. The Morgan fingerprint density at radius 1 is 1.07 bits per heavy atom. The zero-order chi connectivity index (χ0) is 21.8. The molecule has 1 aromatic heterocycles. The van der Waals surface area contributed by atoms with E-state index in [-0.39, 0.29) is 18.3 Å². The molecule has 1 N–H and O–H groups in total. The van der Waals surface area contributed by atoms with E-state index in [0.717, 1.165) is 38.7 Å². The fourth-order valence-electron chi connectivity index (χ4n) is 3.11. The first-order chi connectivity index (χ1) is 14.2. The second-order valence-corrected chi connectivity index (χ2v) is 8.65. The van der Waals surface area contributed by atoms with Crippen LogP contribution in [0.4, 0.5) is 5.69 Å². The van der Waals surface area contributed by atoms with E-state index in [9.17, 15) is 4.79 Å². The second kappa shape index (κ2) is 9.53. The van der Waals surface area contributed by atoms with Crippen LogP contribution in [-0.2, 0) is 18.4 Å². The van der Waals surface area contributed by atoms with Crippen LogP contribution in [0.25, 0.3) is 0 Å². The van der Waals surface area contributed by atoms with Crippen molar-refractivity contribution in [3.63, 3.8) is 0 Å². The van der Waals surface area contributed by atoms with Gasteiger partial charge in [-0.05, 0) is 74.2 Å². The maximum Gasteiger partial charge on any atom is 0.234 e. The fraction of sp³-hybridized carbons (Fsp3) is 0.318. The molecule has 0 aliphatic carbocycles. The van der Waals surface area contributed by atoms with Crippen molar-refractivity contribution in [2.45, 2.75) is 39.5 Å². The summed E-state index contributed by atoms with van der Waals surface area (Å²) in [5, 5.41) is 12.7. The van der Waals surface area contributed by atoms with E-state index in [1.165, 1.54) is 11.8 Å².